The van der Waals surface area contributed by atoms with E-state index in [1.807, 2.05) is 30.3 Å². The second kappa shape index (κ2) is 8.88. The second-order valence-corrected chi connectivity index (χ2v) is 6.49. The quantitative estimate of drug-likeness (QED) is 0.534. The Morgan fingerprint density at radius 1 is 1.00 bits per heavy atom. The number of halogens is 2. The first-order valence-corrected chi connectivity index (χ1v) is 8.56. The summed E-state index contributed by atoms with van der Waals surface area (Å²) in [5.74, 6) is -0.241. The monoisotopic (exact) mass is 442 g/mol. The number of nitrogens with one attached hydrogen (secondary N) is 2. The van der Waals surface area contributed by atoms with Crippen LogP contribution in [-0.2, 0) is 11.2 Å². The minimum atomic E-state index is -0.177. The molecule has 0 atom stereocenters. The summed E-state index contributed by atoms with van der Waals surface area (Å²) in [6.45, 7) is 0.764. The molecule has 120 valence electrons. The molecular formula is C17H16ClIN2O2. The van der Waals surface area contributed by atoms with Crippen LogP contribution in [0.2, 0.25) is 5.02 Å². The van der Waals surface area contributed by atoms with Crippen LogP contribution in [0.1, 0.15) is 15.9 Å². The molecule has 2 aromatic rings. The Hall–Kier alpha value is -1.60. The number of hydrogen-bond donors (Lipinski definition) is 2. The summed E-state index contributed by atoms with van der Waals surface area (Å²) in [6, 6.07) is 14.6. The molecule has 0 saturated carbocycles. The second-order valence-electron chi connectivity index (χ2n) is 4.89. The Labute approximate surface area is 153 Å². The van der Waals surface area contributed by atoms with Gasteiger partial charge >= 0.3 is 0 Å². The van der Waals surface area contributed by atoms with Gasteiger partial charge in [0.05, 0.1) is 12.0 Å². The molecule has 0 radical (unpaired) electrons. The van der Waals surface area contributed by atoms with Gasteiger partial charge in [-0.1, -0.05) is 41.9 Å². The van der Waals surface area contributed by atoms with Crippen molar-refractivity contribution in [1.29, 1.82) is 0 Å². The average molecular weight is 443 g/mol. The van der Waals surface area contributed by atoms with Crippen molar-refractivity contribution in [2.75, 3.05) is 13.1 Å². The first-order chi connectivity index (χ1) is 11.1. The molecule has 4 nitrogen and oxygen atoms in total. The van der Waals surface area contributed by atoms with Crippen molar-refractivity contribution >= 4 is 46.0 Å². The van der Waals surface area contributed by atoms with Crippen LogP contribution >= 0.6 is 34.2 Å². The fraction of sp³-hybridized carbons (Fsp3) is 0.176. The third kappa shape index (κ3) is 5.84. The van der Waals surface area contributed by atoms with E-state index in [0.717, 1.165) is 9.13 Å². The fourth-order valence-electron chi connectivity index (χ4n) is 1.99. The zero-order chi connectivity index (χ0) is 16.7. The summed E-state index contributed by atoms with van der Waals surface area (Å²) in [6.07, 6.45) is 0.337. The zero-order valence-corrected chi connectivity index (χ0v) is 15.2. The third-order valence-corrected chi connectivity index (χ3v) is 4.24. The molecule has 2 N–H and O–H groups in total. The van der Waals surface area contributed by atoms with E-state index in [4.69, 9.17) is 11.6 Å². The van der Waals surface area contributed by atoms with E-state index in [0.29, 0.717) is 30.1 Å². The van der Waals surface area contributed by atoms with E-state index in [1.165, 1.54) is 0 Å². The molecule has 0 spiro atoms. The average Bonchev–Trinajstić information content (AvgIpc) is 2.52. The van der Waals surface area contributed by atoms with Gasteiger partial charge < -0.3 is 10.6 Å². The van der Waals surface area contributed by atoms with Crippen molar-refractivity contribution < 1.29 is 9.59 Å². The Bertz CT molecular complexity index is 692. The van der Waals surface area contributed by atoms with Crippen molar-refractivity contribution in [3.8, 4) is 0 Å². The Balaban J connectivity index is 1.72. The largest absolute Gasteiger partial charge is 0.354 e. The lowest BCUT2D eigenvalue weighted by molar-refractivity contribution is -0.120. The van der Waals surface area contributed by atoms with Gasteiger partial charge in [-0.15, -0.1) is 0 Å². The van der Waals surface area contributed by atoms with Gasteiger partial charge in [-0.05, 0) is 46.4 Å². The number of carbonyl (C=O) groups excluding carboxylic acids is 2. The van der Waals surface area contributed by atoms with Crippen LogP contribution in [0.15, 0.2) is 48.5 Å². The van der Waals surface area contributed by atoms with Gasteiger partial charge in [0.1, 0.15) is 0 Å². The Kier molecular flexibility index (Phi) is 6.85. The molecule has 0 heterocycles. The minimum Gasteiger partial charge on any atom is -0.354 e. The van der Waals surface area contributed by atoms with Gasteiger partial charge in [0, 0.05) is 21.7 Å². The lowest BCUT2D eigenvalue weighted by Gasteiger charge is -2.08. The first kappa shape index (κ1) is 17.7. The molecule has 0 saturated heterocycles. The van der Waals surface area contributed by atoms with Gasteiger partial charge in [0.2, 0.25) is 5.91 Å². The van der Waals surface area contributed by atoms with Crippen LogP contribution in [0.3, 0.4) is 0 Å². The van der Waals surface area contributed by atoms with Crippen molar-refractivity contribution in [1.82, 2.24) is 10.6 Å². The highest BCUT2D eigenvalue weighted by atomic mass is 127. The lowest BCUT2D eigenvalue weighted by atomic mass is 10.1. The lowest BCUT2D eigenvalue weighted by Crippen LogP contribution is -2.35. The van der Waals surface area contributed by atoms with Gasteiger partial charge in [-0.2, -0.15) is 0 Å². The van der Waals surface area contributed by atoms with Crippen molar-refractivity contribution in [3.05, 3.63) is 68.3 Å². The molecule has 2 rings (SSSR count). The maximum absolute atomic E-state index is 12.0. The van der Waals surface area contributed by atoms with Gasteiger partial charge in [0.25, 0.3) is 5.91 Å². The molecule has 0 fully saturated rings. The molecule has 0 aliphatic heterocycles. The summed E-state index contributed by atoms with van der Waals surface area (Å²) in [5.41, 5.74) is 1.54. The predicted molar refractivity (Wildman–Crippen MR) is 99.7 cm³/mol. The molecule has 23 heavy (non-hydrogen) atoms. The smallest absolute Gasteiger partial charge is 0.252 e. The van der Waals surface area contributed by atoms with Crippen LogP contribution in [0.25, 0.3) is 0 Å². The van der Waals surface area contributed by atoms with E-state index in [-0.39, 0.29) is 11.8 Å². The van der Waals surface area contributed by atoms with E-state index in [1.54, 1.807) is 18.2 Å². The normalized spacial score (nSPS) is 10.2. The molecule has 2 aromatic carbocycles. The number of benzene rings is 2. The topological polar surface area (TPSA) is 58.2 Å². The van der Waals surface area contributed by atoms with Crippen LogP contribution in [-0.4, -0.2) is 24.9 Å². The summed E-state index contributed by atoms with van der Waals surface area (Å²) in [7, 11) is 0. The minimum absolute atomic E-state index is 0.0634. The van der Waals surface area contributed by atoms with Gasteiger partial charge in [0.15, 0.2) is 0 Å². The highest BCUT2D eigenvalue weighted by Gasteiger charge is 2.09. The standard InChI is InChI=1S/C17H16ClIN2O2/c18-13-6-7-14(15(19)11-13)17(23)21-9-8-20-16(22)10-12-4-2-1-3-5-12/h1-7,11H,8-10H2,(H,20,22)(H,21,23). The van der Waals surface area contributed by atoms with E-state index in [9.17, 15) is 9.59 Å². The summed E-state index contributed by atoms with van der Waals surface area (Å²) in [5, 5.41) is 6.16. The predicted octanol–water partition coefficient (Wildman–Crippen LogP) is 3.03. The SMILES string of the molecule is O=C(Cc1ccccc1)NCCNC(=O)c1ccc(Cl)cc1I. The van der Waals surface area contributed by atoms with Crippen LogP contribution in [0.4, 0.5) is 0 Å². The number of amides is 2. The third-order valence-electron chi connectivity index (χ3n) is 3.12. The van der Waals surface area contributed by atoms with Crippen molar-refractivity contribution in [2.45, 2.75) is 6.42 Å². The molecule has 0 aliphatic rings. The molecule has 0 aromatic heterocycles. The number of hydrogen-bond acceptors (Lipinski definition) is 2. The zero-order valence-electron chi connectivity index (χ0n) is 12.3. The molecule has 0 unspecified atom stereocenters. The Morgan fingerprint density at radius 3 is 2.39 bits per heavy atom. The maximum atomic E-state index is 12.0. The van der Waals surface area contributed by atoms with Crippen molar-refractivity contribution in [3.63, 3.8) is 0 Å². The number of rotatable bonds is 6. The molecule has 2 amide bonds. The molecular weight excluding hydrogens is 427 g/mol. The molecule has 6 heteroatoms. The first-order valence-electron chi connectivity index (χ1n) is 7.10. The highest BCUT2D eigenvalue weighted by Crippen LogP contribution is 2.17. The van der Waals surface area contributed by atoms with E-state index < -0.39 is 0 Å². The molecule has 0 aliphatic carbocycles. The van der Waals surface area contributed by atoms with Crippen LogP contribution in [0.5, 0.6) is 0 Å². The Morgan fingerprint density at radius 2 is 1.70 bits per heavy atom. The van der Waals surface area contributed by atoms with E-state index in [2.05, 4.69) is 33.2 Å². The summed E-state index contributed by atoms with van der Waals surface area (Å²) in [4.78, 5) is 23.8. The van der Waals surface area contributed by atoms with Gasteiger partial charge in [-0.3, -0.25) is 9.59 Å². The van der Waals surface area contributed by atoms with Crippen LogP contribution in [0, 0.1) is 3.57 Å². The summed E-state index contributed by atoms with van der Waals surface area (Å²) < 4.78 is 0.792. The van der Waals surface area contributed by atoms with Crippen molar-refractivity contribution in [2.24, 2.45) is 0 Å². The number of carbonyl (C=O) groups is 2. The summed E-state index contributed by atoms with van der Waals surface area (Å²) >= 11 is 7.94. The molecule has 0 bridgehead atoms. The highest BCUT2D eigenvalue weighted by molar-refractivity contribution is 14.1. The maximum Gasteiger partial charge on any atom is 0.252 e. The van der Waals surface area contributed by atoms with Gasteiger partial charge in [-0.25, -0.2) is 0 Å². The fourth-order valence-corrected chi connectivity index (χ4v) is 3.11. The van der Waals surface area contributed by atoms with Crippen LogP contribution < -0.4 is 10.6 Å². The van der Waals surface area contributed by atoms with E-state index >= 15 is 0 Å².